The van der Waals surface area contributed by atoms with Crippen molar-refractivity contribution in [3.8, 4) is 0 Å². The first kappa shape index (κ1) is 19.5. The van der Waals surface area contributed by atoms with Gasteiger partial charge in [0, 0.05) is 16.9 Å². The lowest BCUT2D eigenvalue weighted by molar-refractivity contribution is -0.137. The standard InChI is InChI=1S/C20H12F4N4O2S/c21-11-4-5-14-13(7-11)15(17(29)26-14)16-18(30)28-9-27(8-25-19(28)31-16)12-3-1-2-10(6-12)20(22,23)24/h1-7H,8-9H2,(H,26,29)/b16-15-. The second-order valence-corrected chi connectivity index (χ2v) is 7.97. The minimum Gasteiger partial charge on any atom is -0.334 e. The second-order valence-electron chi connectivity index (χ2n) is 6.99. The van der Waals surface area contributed by atoms with Crippen LogP contribution in [-0.2, 0) is 17.6 Å². The third kappa shape index (κ3) is 3.21. The number of alkyl halides is 3. The average Bonchev–Trinajstić information content (AvgIpc) is 3.22. The molecule has 0 aliphatic carbocycles. The van der Waals surface area contributed by atoms with E-state index in [9.17, 15) is 27.2 Å². The number of amides is 1. The van der Waals surface area contributed by atoms with Gasteiger partial charge in [-0.1, -0.05) is 17.4 Å². The zero-order valence-electron chi connectivity index (χ0n) is 15.5. The van der Waals surface area contributed by atoms with Gasteiger partial charge in [-0.05, 0) is 36.4 Å². The number of hydrogen-bond donors (Lipinski definition) is 1. The first-order valence-corrected chi connectivity index (χ1v) is 9.86. The van der Waals surface area contributed by atoms with Gasteiger partial charge in [0.2, 0.25) is 0 Å². The summed E-state index contributed by atoms with van der Waals surface area (Å²) in [5.74, 6) is -1.07. The molecule has 6 nitrogen and oxygen atoms in total. The number of fused-ring (bicyclic) bond motifs is 2. The van der Waals surface area contributed by atoms with E-state index in [2.05, 4.69) is 10.3 Å². The molecule has 1 aromatic heterocycles. The number of thiazole rings is 1. The Bertz CT molecular complexity index is 1420. The summed E-state index contributed by atoms with van der Waals surface area (Å²) in [6, 6.07) is 8.56. The van der Waals surface area contributed by atoms with E-state index in [0.717, 1.165) is 23.5 Å². The first-order chi connectivity index (χ1) is 14.7. The highest BCUT2D eigenvalue weighted by molar-refractivity contribution is 7.07. The molecule has 0 bridgehead atoms. The lowest BCUT2D eigenvalue weighted by Gasteiger charge is -2.26. The van der Waals surface area contributed by atoms with Gasteiger partial charge in [0.1, 0.15) is 23.7 Å². The Kier molecular flexibility index (Phi) is 4.26. The summed E-state index contributed by atoms with van der Waals surface area (Å²) in [4.78, 5) is 31.7. The molecule has 11 heteroatoms. The Balaban J connectivity index is 1.60. The summed E-state index contributed by atoms with van der Waals surface area (Å²) in [5, 5.41) is 2.60. The van der Waals surface area contributed by atoms with Crippen molar-refractivity contribution in [2.24, 2.45) is 4.99 Å². The molecule has 3 heterocycles. The van der Waals surface area contributed by atoms with Gasteiger partial charge in [0.25, 0.3) is 11.5 Å². The Hall–Kier alpha value is -3.47. The van der Waals surface area contributed by atoms with Crippen molar-refractivity contribution in [2.75, 3.05) is 16.9 Å². The SMILES string of the molecule is O=C1Nc2ccc(F)cc2/C1=c1/sc2n(c1=O)CN(c1cccc(C(F)(F)F)c1)CN=2. The molecule has 2 aliphatic rings. The second kappa shape index (κ2) is 6.77. The minimum atomic E-state index is -4.49. The van der Waals surface area contributed by atoms with Gasteiger partial charge in [-0.25, -0.2) is 9.38 Å². The Morgan fingerprint density at radius 2 is 1.90 bits per heavy atom. The molecule has 0 atom stereocenters. The van der Waals surface area contributed by atoms with Crippen LogP contribution in [0.25, 0.3) is 5.57 Å². The average molecular weight is 448 g/mol. The van der Waals surface area contributed by atoms with Gasteiger partial charge in [0.05, 0.1) is 11.1 Å². The Morgan fingerprint density at radius 1 is 1.10 bits per heavy atom. The number of halogens is 4. The predicted molar refractivity (Wildman–Crippen MR) is 106 cm³/mol. The van der Waals surface area contributed by atoms with Crippen LogP contribution in [0.3, 0.4) is 0 Å². The van der Waals surface area contributed by atoms with E-state index in [-0.39, 0.29) is 34.7 Å². The lowest BCUT2D eigenvalue weighted by Crippen LogP contribution is -2.43. The van der Waals surface area contributed by atoms with Crippen LogP contribution >= 0.6 is 11.3 Å². The van der Waals surface area contributed by atoms with Crippen molar-refractivity contribution >= 4 is 34.2 Å². The van der Waals surface area contributed by atoms with Crippen LogP contribution in [-0.4, -0.2) is 17.1 Å². The number of anilines is 2. The van der Waals surface area contributed by atoms with E-state index in [4.69, 9.17) is 0 Å². The molecule has 0 radical (unpaired) electrons. The minimum absolute atomic E-state index is 0.0274. The predicted octanol–water partition coefficient (Wildman–Crippen LogP) is 2.27. The highest BCUT2D eigenvalue weighted by Gasteiger charge is 2.31. The van der Waals surface area contributed by atoms with Crippen LogP contribution in [0.1, 0.15) is 11.1 Å². The number of hydrogen-bond acceptors (Lipinski definition) is 5. The van der Waals surface area contributed by atoms with Crippen molar-refractivity contribution in [2.45, 2.75) is 12.8 Å². The van der Waals surface area contributed by atoms with Crippen LogP contribution in [0, 0.1) is 5.82 Å². The van der Waals surface area contributed by atoms with Gasteiger partial charge >= 0.3 is 6.18 Å². The third-order valence-electron chi connectivity index (χ3n) is 5.04. The number of nitrogens with zero attached hydrogens (tertiary/aromatic N) is 3. The summed E-state index contributed by atoms with van der Waals surface area (Å²) in [6.45, 7) is 0.0217. The summed E-state index contributed by atoms with van der Waals surface area (Å²) in [6.07, 6.45) is -4.49. The van der Waals surface area contributed by atoms with Crippen LogP contribution in [0.5, 0.6) is 0 Å². The van der Waals surface area contributed by atoms with E-state index in [1.54, 1.807) is 0 Å². The first-order valence-electron chi connectivity index (χ1n) is 9.04. The van der Waals surface area contributed by atoms with Gasteiger partial charge in [-0.3, -0.25) is 14.2 Å². The van der Waals surface area contributed by atoms with Crippen molar-refractivity contribution in [1.29, 1.82) is 0 Å². The maximum atomic E-state index is 13.7. The van der Waals surface area contributed by atoms with Crippen LogP contribution in [0.2, 0.25) is 0 Å². The molecule has 0 unspecified atom stereocenters. The largest absolute Gasteiger partial charge is 0.416 e. The van der Waals surface area contributed by atoms with E-state index in [1.165, 1.54) is 39.8 Å². The van der Waals surface area contributed by atoms with Crippen molar-refractivity contribution in [3.63, 3.8) is 0 Å². The lowest BCUT2D eigenvalue weighted by atomic mass is 10.1. The van der Waals surface area contributed by atoms with E-state index in [1.807, 2.05) is 0 Å². The van der Waals surface area contributed by atoms with Gasteiger partial charge in [0.15, 0.2) is 4.80 Å². The molecule has 1 N–H and O–H groups in total. The fourth-order valence-corrected chi connectivity index (χ4v) is 4.63. The number of rotatable bonds is 1. The fraction of sp³-hybridized carbons (Fsp3) is 0.150. The van der Waals surface area contributed by atoms with E-state index >= 15 is 0 Å². The van der Waals surface area contributed by atoms with Crippen molar-refractivity contribution in [1.82, 2.24) is 4.57 Å². The molecule has 0 saturated heterocycles. The molecule has 31 heavy (non-hydrogen) atoms. The quantitative estimate of drug-likeness (QED) is 0.581. The maximum absolute atomic E-state index is 13.7. The monoisotopic (exact) mass is 448 g/mol. The molecule has 3 aromatic rings. The van der Waals surface area contributed by atoms with Gasteiger partial charge in [-0.2, -0.15) is 13.2 Å². The Morgan fingerprint density at radius 3 is 2.68 bits per heavy atom. The molecule has 1 amide bonds. The van der Waals surface area contributed by atoms with Gasteiger partial charge in [-0.15, -0.1) is 0 Å². The molecule has 158 valence electrons. The molecule has 0 fully saturated rings. The number of carbonyl (C=O) groups excluding carboxylic acids is 1. The third-order valence-corrected chi connectivity index (χ3v) is 6.16. The highest BCUT2D eigenvalue weighted by atomic mass is 32.1. The zero-order chi connectivity index (χ0) is 21.9. The van der Waals surface area contributed by atoms with E-state index in [0.29, 0.717) is 10.5 Å². The summed E-state index contributed by atoms with van der Waals surface area (Å²) in [5.41, 5.74) is -0.292. The summed E-state index contributed by atoms with van der Waals surface area (Å²) >= 11 is 0.994. The van der Waals surface area contributed by atoms with Gasteiger partial charge < -0.3 is 10.2 Å². The molecule has 5 rings (SSSR count). The number of benzene rings is 2. The van der Waals surface area contributed by atoms with Crippen LogP contribution in [0.15, 0.2) is 52.3 Å². The maximum Gasteiger partial charge on any atom is 0.416 e. The van der Waals surface area contributed by atoms with Crippen LogP contribution in [0.4, 0.5) is 28.9 Å². The van der Waals surface area contributed by atoms with Crippen LogP contribution < -0.4 is 25.1 Å². The zero-order valence-corrected chi connectivity index (χ0v) is 16.4. The van der Waals surface area contributed by atoms with Crippen molar-refractivity contribution in [3.05, 3.63) is 79.1 Å². The number of nitrogens with one attached hydrogen (secondary N) is 1. The topological polar surface area (TPSA) is 66.7 Å². The van der Waals surface area contributed by atoms with Crippen molar-refractivity contribution < 1.29 is 22.4 Å². The summed E-state index contributed by atoms with van der Waals surface area (Å²) < 4.78 is 54.2. The molecule has 2 aliphatic heterocycles. The highest BCUT2D eigenvalue weighted by Crippen LogP contribution is 2.32. The number of carbonyl (C=O) groups is 1. The van der Waals surface area contributed by atoms with E-state index < -0.39 is 29.0 Å². The molecular weight excluding hydrogens is 436 g/mol. The Labute approximate surface area is 175 Å². The fourth-order valence-electron chi connectivity index (χ4n) is 3.57. The normalized spacial score (nSPS) is 17.2. The molecular formula is C20H12F4N4O2S. The number of aromatic nitrogens is 1. The molecule has 0 saturated carbocycles. The molecule has 2 aromatic carbocycles. The smallest absolute Gasteiger partial charge is 0.334 e. The summed E-state index contributed by atoms with van der Waals surface area (Å²) in [7, 11) is 0. The molecule has 0 spiro atoms.